The molecule has 0 atom stereocenters. The number of anilines is 2. The molecule has 0 aliphatic carbocycles. The molecule has 94 valence electrons. The monoisotopic (exact) mass is 245 g/mol. The Balaban J connectivity index is 2.31. The molecular formula is C13H15N3O2. The van der Waals surface area contributed by atoms with Crippen LogP contribution in [0.1, 0.15) is 27.4 Å². The maximum atomic E-state index is 12.0. The van der Waals surface area contributed by atoms with E-state index < -0.39 is 0 Å². The summed E-state index contributed by atoms with van der Waals surface area (Å²) in [7, 11) is 0. The van der Waals surface area contributed by atoms with Gasteiger partial charge in [-0.2, -0.15) is 0 Å². The van der Waals surface area contributed by atoms with Crippen LogP contribution in [-0.4, -0.2) is 10.9 Å². The van der Waals surface area contributed by atoms with Crippen molar-refractivity contribution in [2.45, 2.75) is 20.8 Å². The first kappa shape index (κ1) is 12.2. The van der Waals surface area contributed by atoms with Crippen LogP contribution in [-0.2, 0) is 0 Å². The first-order chi connectivity index (χ1) is 8.49. The Hall–Kier alpha value is -2.30. The molecule has 1 heterocycles. The molecule has 0 saturated heterocycles. The molecule has 0 bridgehead atoms. The minimum absolute atomic E-state index is 0.227. The van der Waals surface area contributed by atoms with E-state index in [2.05, 4.69) is 10.3 Å². The van der Waals surface area contributed by atoms with Gasteiger partial charge in [-0.05, 0) is 44.0 Å². The number of nitrogen functional groups attached to an aromatic ring is 1. The number of nitrogens with one attached hydrogen (secondary N) is 1. The van der Waals surface area contributed by atoms with Gasteiger partial charge < -0.3 is 15.5 Å². The fraction of sp³-hybridized carbons (Fsp3) is 0.231. The molecule has 5 heteroatoms. The number of aromatic nitrogens is 1. The van der Waals surface area contributed by atoms with Crippen LogP contribution in [0, 0.1) is 20.8 Å². The first-order valence-corrected chi connectivity index (χ1v) is 5.57. The lowest BCUT2D eigenvalue weighted by Crippen LogP contribution is -2.14. The van der Waals surface area contributed by atoms with Crippen LogP contribution >= 0.6 is 0 Å². The van der Waals surface area contributed by atoms with Gasteiger partial charge in [0.15, 0.2) is 6.39 Å². The number of hydrogen-bond donors (Lipinski definition) is 2. The summed E-state index contributed by atoms with van der Waals surface area (Å²) in [5.41, 5.74) is 9.57. The minimum Gasteiger partial charge on any atom is -0.438 e. The molecule has 1 aromatic carbocycles. The number of benzene rings is 1. The predicted molar refractivity (Wildman–Crippen MR) is 69.5 cm³/mol. The molecule has 5 nitrogen and oxygen atoms in total. The third-order valence-corrected chi connectivity index (χ3v) is 2.75. The second kappa shape index (κ2) is 4.52. The van der Waals surface area contributed by atoms with Crippen LogP contribution in [0.4, 0.5) is 11.4 Å². The van der Waals surface area contributed by atoms with Gasteiger partial charge in [-0.3, -0.25) is 4.79 Å². The molecular weight excluding hydrogens is 230 g/mol. The van der Waals surface area contributed by atoms with Crippen LogP contribution in [0.25, 0.3) is 0 Å². The Bertz CT molecular complexity index is 579. The Morgan fingerprint density at radius 1 is 1.28 bits per heavy atom. The molecule has 1 aromatic heterocycles. The number of nitrogens with two attached hydrogens (primary N) is 1. The lowest BCUT2D eigenvalue weighted by Gasteiger charge is -2.11. The lowest BCUT2D eigenvalue weighted by molar-refractivity contribution is 0.0995. The Morgan fingerprint density at radius 3 is 2.39 bits per heavy atom. The van der Waals surface area contributed by atoms with Crippen LogP contribution in [0.2, 0.25) is 0 Å². The number of aryl methyl sites for hydroxylation is 3. The van der Waals surface area contributed by atoms with Crippen molar-refractivity contribution in [2.75, 3.05) is 11.1 Å². The van der Waals surface area contributed by atoms with Crippen molar-refractivity contribution in [2.24, 2.45) is 0 Å². The maximum absolute atomic E-state index is 12.0. The summed E-state index contributed by atoms with van der Waals surface area (Å²) in [6, 6.07) is 3.63. The topological polar surface area (TPSA) is 81.1 Å². The minimum atomic E-state index is -0.305. The van der Waals surface area contributed by atoms with Crippen LogP contribution in [0.15, 0.2) is 22.9 Å². The molecule has 0 aliphatic heterocycles. The number of hydrogen-bond acceptors (Lipinski definition) is 4. The molecule has 3 N–H and O–H groups in total. The molecule has 2 aromatic rings. The second-order valence-electron chi connectivity index (χ2n) is 4.25. The fourth-order valence-corrected chi connectivity index (χ4v) is 1.88. The van der Waals surface area contributed by atoms with Gasteiger partial charge in [0, 0.05) is 11.4 Å². The molecule has 2 rings (SSSR count). The van der Waals surface area contributed by atoms with E-state index in [-0.39, 0.29) is 11.7 Å². The Morgan fingerprint density at radius 2 is 1.89 bits per heavy atom. The van der Waals surface area contributed by atoms with Crippen molar-refractivity contribution in [3.63, 3.8) is 0 Å². The van der Waals surface area contributed by atoms with Crippen molar-refractivity contribution in [3.8, 4) is 0 Å². The van der Waals surface area contributed by atoms with Crippen LogP contribution in [0.3, 0.4) is 0 Å². The zero-order chi connectivity index (χ0) is 13.3. The smallest absolute Gasteiger partial charge is 0.293 e. The lowest BCUT2D eigenvalue weighted by atomic mass is 10.1. The van der Waals surface area contributed by atoms with E-state index in [0.717, 1.165) is 16.8 Å². The summed E-state index contributed by atoms with van der Waals surface area (Å²) in [5.74, 6) is -0.0772. The molecule has 0 unspecified atom stereocenters. The number of nitrogens with zero attached hydrogens (tertiary/aromatic N) is 1. The largest absolute Gasteiger partial charge is 0.438 e. The van der Waals surface area contributed by atoms with Gasteiger partial charge in [0.05, 0.1) is 5.69 Å². The zero-order valence-electron chi connectivity index (χ0n) is 10.6. The summed E-state index contributed by atoms with van der Waals surface area (Å²) >= 11 is 0. The van der Waals surface area contributed by atoms with Gasteiger partial charge >= 0.3 is 0 Å². The summed E-state index contributed by atoms with van der Waals surface area (Å²) < 4.78 is 5.05. The van der Waals surface area contributed by atoms with Gasteiger partial charge in [0.2, 0.25) is 5.76 Å². The van der Waals surface area contributed by atoms with E-state index in [4.69, 9.17) is 10.2 Å². The van der Waals surface area contributed by atoms with Gasteiger partial charge in [0.1, 0.15) is 0 Å². The molecule has 0 aliphatic rings. The van der Waals surface area contributed by atoms with E-state index in [1.807, 2.05) is 26.0 Å². The third-order valence-electron chi connectivity index (χ3n) is 2.75. The van der Waals surface area contributed by atoms with E-state index >= 15 is 0 Å². The van der Waals surface area contributed by atoms with E-state index in [9.17, 15) is 4.79 Å². The van der Waals surface area contributed by atoms with Gasteiger partial charge in [0.25, 0.3) is 5.91 Å². The molecule has 0 radical (unpaired) electrons. The quantitative estimate of drug-likeness (QED) is 0.796. The molecule has 0 fully saturated rings. The highest BCUT2D eigenvalue weighted by molar-refractivity contribution is 6.03. The van der Waals surface area contributed by atoms with E-state index in [1.165, 1.54) is 6.39 Å². The van der Waals surface area contributed by atoms with E-state index in [1.54, 1.807) is 6.92 Å². The standard InChI is InChI=1S/C13H15N3O2/c1-7-4-10(14)5-8(2)11(7)16-13(17)12-9(3)15-6-18-12/h4-6H,14H2,1-3H3,(H,16,17). The van der Waals surface area contributed by atoms with Crippen molar-refractivity contribution < 1.29 is 9.21 Å². The highest BCUT2D eigenvalue weighted by Gasteiger charge is 2.16. The predicted octanol–water partition coefficient (Wildman–Crippen LogP) is 2.43. The third kappa shape index (κ3) is 2.20. The number of oxazole rings is 1. The molecule has 0 saturated carbocycles. The van der Waals surface area contributed by atoms with Crippen LogP contribution in [0.5, 0.6) is 0 Å². The second-order valence-corrected chi connectivity index (χ2v) is 4.25. The number of rotatable bonds is 2. The number of amides is 1. The summed E-state index contributed by atoms with van der Waals surface area (Å²) in [5, 5.41) is 2.82. The molecule has 18 heavy (non-hydrogen) atoms. The number of carbonyl (C=O) groups is 1. The van der Waals surface area contributed by atoms with Crippen molar-refractivity contribution in [3.05, 3.63) is 41.1 Å². The van der Waals surface area contributed by atoms with Crippen molar-refractivity contribution in [1.82, 2.24) is 4.98 Å². The average molecular weight is 245 g/mol. The van der Waals surface area contributed by atoms with Crippen molar-refractivity contribution in [1.29, 1.82) is 0 Å². The highest BCUT2D eigenvalue weighted by atomic mass is 16.3. The summed E-state index contributed by atoms with van der Waals surface area (Å²) in [4.78, 5) is 15.9. The zero-order valence-corrected chi connectivity index (χ0v) is 10.6. The number of carbonyl (C=O) groups excluding carboxylic acids is 1. The molecule has 0 spiro atoms. The average Bonchev–Trinajstić information content (AvgIpc) is 2.69. The van der Waals surface area contributed by atoms with E-state index in [0.29, 0.717) is 11.4 Å². The van der Waals surface area contributed by atoms with Gasteiger partial charge in [-0.1, -0.05) is 0 Å². The van der Waals surface area contributed by atoms with Crippen molar-refractivity contribution >= 4 is 17.3 Å². The Kier molecular flexibility index (Phi) is 3.06. The highest BCUT2D eigenvalue weighted by Crippen LogP contribution is 2.24. The first-order valence-electron chi connectivity index (χ1n) is 5.57. The normalized spacial score (nSPS) is 10.4. The Labute approximate surface area is 105 Å². The summed E-state index contributed by atoms with van der Waals surface area (Å²) in [6.45, 7) is 5.51. The fourth-order valence-electron chi connectivity index (χ4n) is 1.88. The van der Waals surface area contributed by atoms with Crippen LogP contribution < -0.4 is 11.1 Å². The molecule has 1 amide bonds. The maximum Gasteiger partial charge on any atom is 0.293 e. The van der Waals surface area contributed by atoms with Gasteiger partial charge in [-0.15, -0.1) is 0 Å². The summed E-state index contributed by atoms with van der Waals surface area (Å²) in [6.07, 6.45) is 1.26. The van der Waals surface area contributed by atoms with Gasteiger partial charge in [-0.25, -0.2) is 4.98 Å². The SMILES string of the molecule is Cc1cc(N)cc(C)c1NC(=O)c1ocnc1C.